The van der Waals surface area contributed by atoms with E-state index in [9.17, 15) is 9.59 Å². The average molecular weight is 380 g/mol. The van der Waals surface area contributed by atoms with Gasteiger partial charge in [0, 0.05) is 12.6 Å². The van der Waals surface area contributed by atoms with Crippen molar-refractivity contribution in [2.45, 2.75) is 64.9 Å². The smallest absolute Gasteiger partial charge is 0.340 e. The molecule has 0 saturated carbocycles. The van der Waals surface area contributed by atoms with E-state index in [1.54, 1.807) is 6.20 Å². The normalized spacial score (nSPS) is 18.6. The Kier molecular flexibility index (Phi) is 4.65. The van der Waals surface area contributed by atoms with Crippen LogP contribution in [0.4, 0.5) is 0 Å². The molecule has 0 aromatic carbocycles. The van der Waals surface area contributed by atoms with Gasteiger partial charge in [-0.05, 0) is 41.5 Å². The SMILES string of the molecule is CC(C)c1nc(C2Cc3ccnc(C(C)C)c3C(=O)O2)cc2c1OC(=O)CC2. The fraction of sp³-hybridized carbons (Fsp3) is 0.455. The Morgan fingerprint density at radius 3 is 2.50 bits per heavy atom. The van der Waals surface area contributed by atoms with Gasteiger partial charge in [-0.2, -0.15) is 0 Å². The first-order chi connectivity index (χ1) is 13.3. The van der Waals surface area contributed by atoms with Crippen molar-refractivity contribution < 1.29 is 19.1 Å². The molecule has 0 N–H and O–H groups in total. The van der Waals surface area contributed by atoms with Gasteiger partial charge in [-0.3, -0.25) is 9.78 Å². The van der Waals surface area contributed by atoms with Crippen LogP contribution >= 0.6 is 0 Å². The molecule has 1 unspecified atom stereocenters. The molecule has 2 aliphatic rings. The molecule has 6 nitrogen and oxygen atoms in total. The van der Waals surface area contributed by atoms with Crippen molar-refractivity contribution in [3.63, 3.8) is 0 Å². The van der Waals surface area contributed by atoms with E-state index in [0.717, 1.165) is 22.5 Å². The van der Waals surface area contributed by atoms with E-state index >= 15 is 0 Å². The van der Waals surface area contributed by atoms with Crippen molar-refractivity contribution in [1.82, 2.24) is 9.97 Å². The number of rotatable bonds is 3. The molecular weight excluding hydrogens is 356 g/mol. The first-order valence-electron chi connectivity index (χ1n) is 9.78. The molecule has 0 fully saturated rings. The predicted molar refractivity (Wildman–Crippen MR) is 102 cm³/mol. The number of cyclic esters (lactones) is 1. The predicted octanol–water partition coefficient (Wildman–Crippen LogP) is 4.03. The van der Waals surface area contributed by atoms with Crippen LogP contribution in [0.2, 0.25) is 0 Å². The molecule has 0 saturated heterocycles. The van der Waals surface area contributed by atoms with E-state index in [2.05, 4.69) is 4.98 Å². The molecule has 146 valence electrons. The Morgan fingerprint density at radius 2 is 1.79 bits per heavy atom. The zero-order chi connectivity index (χ0) is 20.0. The summed E-state index contributed by atoms with van der Waals surface area (Å²) in [6, 6.07) is 3.80. The van der Waals surface area contributed by atoms with Crippen molar-refractivity contribution in [3.8, 4) is 5.75 Å². The maximum Gasteiger partial charge on any atom is 0.340 e. The molecule has 0 amide bonds. The number of hydrogen-bond acceptors (Lipinski definition) is 6. The molecular formula is C22H24N2O4. The second-order valence-electron chi connectivity index (χ2n) is 8.03. The molecule has 2 aliphatic heterocycles. The van der Waals surface area contributed by atoms with Gasteiger partial charge in [-0.1, -0.05) is 27.7 Å². The molecule has 0 radical (unpaired) electrons. The number of aryl methyl sites for hydroxylation is 1. The summed E-state index contributed by atoms with van der Waals surface area (Å²) in [5, 5.41) is 0. The summed E-state index contributed by atoms with van der Waals surface area (Å²) in [4.78, 5) is 33.6. The molecule has 0 spiro atoms. The molecule has 4 rings (SSSR count). The van der Waals surface area contributed by atoms with Crippen LogP contribution in [0.3, 0.4) is 0 Å². The minimum Gasteiger partial charge on any atom is -0.452 e. The fourth-order valence-electron chi connectivity index (χ4n) is 3.85. The highest BCUT2D eigenvalue weighted by atomic mass is 16.5. The molecule has 2 aromatic rings. The molecule has 1 atom stereocenters. The Labute approximate surface area is 164 Å². The second kappa shape index (κ2) is 7.00. The standard InChI is InChI=1S/C22H24N2O4/c1-11(2)19-18-13(7-8-23-19)10-16(27-22(18)26)15-9-14-5-6-17(25)28-21(14)20(24-15)12(3)4/h7-9,11-12,16H,5-6,10H2,1-4H3. The van der Waals surface area contributed by atoms with Crippen molar-refractivity contribution in [3.05, 3.63) is 52.1 Å². The Bertz CT molecular complexity index is 965. The van der Waals surface area contributed by atoms with Gasteiger partial charge in [-0.15, -0.1) is 0 Å². The minimum atomic E-state index is -0.456. The van der Waals surface area contributed by atoms with Gasteiger partial charge in [0.2, 0.25) is 0 Å². The topological polar surface area (TPSA) is 78.4 Å². The van der Waals surface area contributed by atoms with Crippen LogP contribution in [0.25, 0.3) is 0 Å². The summed E-state index contributed by atoms with van der Waals surface area (Å²) in [5.74, 6) is 0.227. The van der Waals surface area contributed by atoms with Crippen LogP contribution in [-0.2, 0) is 22.4 Å². The highest BCUT2D eigenvalue weighted by Gasteiger charge is 2.33. The Balaban J connectivity index is 1.75. The zero-order valence-electron chi connectivity index (χ0n) is 16.6. The Morgan fingerprint density at radius 1 is 1.04 bits per heavy atom. The lowest BCUT2D eigenvalue weighted by molar-refractivity contribution is -0.135. The number of carbonyl (C=O) groups is 2. The lowest BCUT2D eigenvalue weighted by atomic mass is 9.91. The number of carbonyl (C=O) groups excluding carboxylic acids is 2. The number of ether oxygens (including phenoxy) is 2. The van der Waals surface area contributed by atoms with Crippen LogP contribution in [0.15, 0.2) is 18.3 Å². The lowest BCUT2D eigenvalue weighted by Gasteiger charge is -2.28. The van der Waals surface area contributed by atoms with Gasteiger partial charge >= 0.3 is 11.9 Å². The van der Waals surface area contributed by atoms with Gasteiger partial charge in [-0.25, -0.2) is 9.78 Å². The van der Waals surface area contributed by atoms with E-state index < -0.39 is 6.10 Å². The third-order valence-electron chi connectivity index (χ3n) is 5.26. The zero-order valence-corrected chi connectivity index (χ0v) is 16.6. The number of nitrogens with zero attached hydrogens (tertiary/aromatic N) is 2. The molecule has 6 heteroatoms. The number of pyridine rings is 2. The summed E-state index contributed by atoms with van der Waals surface area (Å²) < 4.78 is 11.3. The molecule has 4 heterocycles. The highest BCUT2D eigenvalue weighted by Crippen LogP contribution is 2.38. The molecule has 0 bridgehead atoms. The maximum atomic E-state index is 12.8. The van der Waals surface area contributed by atoms with Gasteiger partial charge in [0.15, 0.2) is 5.75 Å². The summed E-state index contributed by atoms with van der Waals surface area (Å²) in [5.41, 5.74) is 4.70. The van der Waals surface area contributed by atoms with E-state index in [1.807, 2.05) is 39.8 Å². The summed E-state index contributed by atoms with van der Waals surface area (Å²) in [7, 11) is 0. The van der Waals surface area contributed by atoms with Crippen molar-refractivity contribution >= 4 is 11.9 Å². The monoisotopic (exact) mass is 380 g/mol. The largest absolute Gasteiger partial charge is 0.452 e. The summed E-state index contributed by atoms with van der Waals surface area (Å²) >= 11 is 0. The fourth-order valence-corrected chi connectivity index (χ4v) is 3.85. The van der Waals surface area contributed by atoms with E-state index in [0.29, 0.717) is 36.3 Å². The van der Waals surface area contributed by atoms with Crippen molar-refractivity contribution in [2.24, 2.45) is 0 Å². The number of fused-ring (bicyclic) bond motifs is 2. The van der Waals surface area contributed by atoms with Crippen LogP contribution in [0.5, 0.6) is 5.75 Å². The van der Waals surface area contributed by atoms with Crippen molar-refractivity contribution in [2.75, 3.05) is 0 Å². The van der Waals surface area contributed by atoms with Crippen LogP contribution in [0, 0.1) is 0 Å². The molecule has 28 heavy (non-hydrogen) atoms. The third-order valence-corrected chi connectivity index (χ3v) is 5.26. The van der Waals surface area contributed by atoms with E-state index in [4.69, 9.17) is 14.5 Å². The van der Waals surface area contributed by atoms with Crippen LogP contribution < -0.4 is 4.74 Å². The van der Waals surface area contributed by atoms with Gasteiger partial charge < -0.3 is 9.47 Å². The Hall–Kier alpha value is -2.76. The first kappa shape index (κ1) is 18.6. The van der Waals surface area contributed by atoms with Crippen molar-refractivity contribution in [1.29, 1.82) is 0 Å². The number of hydrogen-bond donors (Lipinski definition) is 0. The van der Waals surface area contributed by atoms with Gasteiger partial charge in [0.1, 0.15) is 6.10 Å². The van der Waals surface area contributed by atoms with E-state index in [-0.39, 0.29) is 23.8 Å². The maximum absolute atomic E-state index is 12.8. The van der Waals surface area contributed by atoms with Crippen LogP contribution in [0.1, 0.15) is 90.6 Å². The first-order valence-corrected chi connectivity index (χ1v) is 9.78. The van der Waals surface area contributed by atoms with E-state index in [1.165, 1.54) is 0 Å². The number of esters is 2. The lowest BCUT2D eigenvalue weighted by Crippen LogP contribution is -2.26. The highest BCUT2D eigenvalue weighted by molar-refractivity contribution is 5.93. The molecule has 0 aliphatic carbocycles. The molecule has 2 aromatic heterocycles. The second-order valence-corrected chi connectivity index (χ2v) is 8.03. The van der Waals surface area contributed by atoms with Gasteiger partial charge in [0.05, 0.1) is 29.1 Å². The number of aromatic nitrogens is 2. The quantitative estimate of drug-likeness (QED) is 0.748. The third kappa shape index (κ3) is 3.17. The van der Waals surface area contributed by atoms with Crippen LogP contribution in [-0.4, -0.2) is 21.9 Å². The summed E-state index contributed by atoms with van der Waals surface area (Å²) in [6.07, 6.45) is 2.82. The average Bonchev–Trinajstić information content (AvgIpc) is 2.66. The summed E-state index contributed by atoms with van der Waals surface area (Å²) in [6.45, 7) is 8.06. The van der Waals surface area contributed by atoms with Gasteiger partial charge in [0.25, 0.3) is 0 Å². The minimum absolute atomic E-state index is 0.0860.